The SMILES string of the molecule is O=P(O)(O)OO.O=S(=O)(O)O.[MgH2]. The fourth-order valence-electron chi connectivity index (χ4n) is 0. The molecule has 74 valence electrons. The van der Waals surface area contributed by atoms with E-state index in [1.165, 1.54) is 0 Å². The van der Waals surface area contributed by atoms with Crippen molar-refractivity contribution in [1.82, 2.24) is 0 Å². The van der Waals surface area contributed by atoms with Crippen molar-refractivity contribution < 1.29 is 41.8 Å². The van der Waals surface area contributed by atoms with E-state index in [9.17, 15) is 4.57 Å². The Morgan fingerprint density at radius 3 is 1.25 bits per heavy atom. The molecule has 0 rings (SSSR count). The number of phosphoric acid groups is 1. The molecule has 0 aromatic heterocycles. The monoisotopic (exact) mass is 238 g/mol. The van der Waals surface area contributed by atoms with Gasteiger partial charge in [0, 0.05) is 0 Å². The van der Waals surface area contributed by atoms with Crippen molar-refractivity contribution in [3.05, 3.63) is 0 Å². The Hall–Kier alpha value is 0.706. The van der Waals surface area contributed by atoms with Crippen molar-refractivity contribution in [2.45, 2.75) is 0 Å². The summed E-state index contributed by atoms with van der Waals surface area (Å²) in [6.45, 7) is 0. The number of rotatable bonds is 1. The number of hydrogen-bond donors (Lipinski definition) is 5. The summed E-state index contributed by atoms with van der Waals surface area (Å²) in [5.74, 6) is 0. The molecule has 0 aromatic carbocycles. The topological polar surface area (TPSA) is 162 Å². The average Bonchev–Trinajstić information content (AvgIpc) is 1.59. The van der Waals surface area contributed by atoms with Gasteiger partial charge in [0.2, 0.25) is 0 Å². The summed E-state index contributed by atoms with van der Waals surface area (Å²) >= 11 is 0. The van der Waals surface area contributed by atoms with E-state index >= 15 is 0 Å². The van der Waals surface area contributed by atoms with E-state index in [-0.39, 0.29) is 23.1 Å². The molecule has 0 aliphatic carbocycles. The van der Waals surface area contributed by atoms with E-state index in [4.69, 9.17) is 32.6 Å². The Bertz CT molecular complexity index is 213. The van der Waals surface area contributed by atoms with Crippen LogP contribution >= 0.6 is 7.82 Å². The lowest BCUT2D eigenvalue weighted by molar-refractivity contribution is -0.158. The summed E-state index contributed by atoms with van der Waals surface area (Å²) in [6.07, 6.45) is 0. The maximum atomic E-state index is 9.22. The molecule has 0 heterocycles. The summed E-state index contributed by atoms with van der Waals surface area (Å²) in [6, 6.07) is 0. The summed E-state index contributed by atoms with van der Waals surface area (Å²) in [5, 5.41) is 7.14. The summed E-state index contributed by atoms with van der Waals surface area (Å²) in [4.78, 5) is 14.9. The molecule has 0 saturated carbocycles. The van der Waals surface area contributed by atoms with Crippen LogP contribution in [-0.2, 0) is 19.6 Å². The largest absolute Gasteiger partial charge is 0.496 e. The molecule has 0 unspecified atom stereocenters. The predicted octanol–water partition coefficient (Wildman–Crippen LogP) is -2.00. The molecule has 0 aliphatic rings. The summed E-state index contributed by atoms with van der Waals surface area (Å²) in [7, 11) is -9.26. The standard InChI is InChI=1S/Mg.H3O5P.H2O4S.2H/c;1-5-6(2,3)4;1-5(2,3)4;;/h;1H,(H2,2,3,4);(H2,1,2,3,4);;. The van der Waals surface area contributed by atoms with Crippen LogP contribution < -0.4 is 0 Å². The van der Waals surface area contributed by atoms with Crippen molar-refractivity contribution in [3.63, 3.8) is 0 Å². The molecule has 0 amide bonds. The first-order valence-corrected chi connectivity index (χ1v) is 4.57. The molecular weight excluding hydrogens is 231 g/mol. The van der Waals surface area contributed by atoms with Crippen LogP contribution in [0.4, 0.5) is 0 Å². The zero-order chi connectivity index (χ0) is 9.71. The second-order valence-corrected chi connectivity index (χ2v) is 3.06. The quantitative estimate of drug-likeness (QED) is 0.114. The Kier molecular flexibility index (Phi) is 11.0. The summed E-state index contributed by atoms with van der Waals surface area (Å²) in [5.41, 5.74) is 0. The van der Waals surface area contributed by atoms with Crippen molar-refractivity contribution in [3.8, 4) is 0 Å². The normalized spacial score (nSPS) is 10.8. The highest BCUT2D eigenvalue weighted by Gasteiger charge is 2.10. The first-order chi connectivity index (χ1) is 4.56. The highest BCUT2D eigenvalue weighted by atomic mass is 32.3. The third-order valence-corrected chi connectivity index (χ3v) is 0.319. The van der Waals surface area contributed by atoms with Crippen LogP contribution in [0, 0.1) is 0 Å². The molecule has 0 atom stereocenters. The van der Waals surface area contributed by atoms with Gasteiger partial charge in [0.25, 0.3) is 0 Å². The van der Waals surface area contributed by atoms with E-state index in [0.717, 1.165) is 0 Å². The van der Waals surface area contributed by atoms with Crippen LogP contribution in [-0.4, -0.2) is 55.6 Å². The van der Waals surface area contributed by atoms with Gasteiger partial charge in [-0.05, 0) is 0 Å². The van der Waals surface area contributed by atoms with Crippen LogP contribution in [0.1, 0.15) is 0 Å². The Morgan fingerprint density at radius 1 is 1.17 bits per heavy atom. The van der Waals surface area contributed by atoms with Crippen molar-refractivity contribution in [2.24, 2.45) is 0 Å². The minimum atomic E-state index is -4.67. The molecule has 0 aromatic rings. The molecule has 0 spiro atoms. The van der Waals surface area contributed by atoms with Gasteiger partial charge in [0.05, 0.1) is 0 Å². The fraction of sp³-hybridized carbons (Fsp3) is 0. The van der Waals surface area contributed by atoms with Gasteiger partial charge < -0.3 is 9.79 Å². The second kappa shape index (κ2) is 7.14. The second-order valence-electron chi connectivity index (χ2n) is 1.02. The molecule has 0 fully saturated rings. The van der Waals surface area contributed by atoms with Crippen molar-refractivity contribution in [2.75, 3.05) is 0 Å². The van der Waals surface area contributed by atoms with Gasteiger partial charge in [0.15, 0.2) is 0 Å². The van der Waals surface area contributed by atoms with Gasteiger partial charge >= 0.3 is 41.3 Å². The van der Waals surface area contributed by atoms with E-state index in [1.807, 2.05) is 0 Å². The predicted molar refractivity (Wildman–Crippen MR) is 38.5 cm³/mol. The molecule has 12 heteroatoms. The third kappa shape index (κ3) is 73.4. The lowest BCUT2D eigenvalue weighted by Gasteiger charge is -1.90. The van der Waals surface area contributed by atoms with Crippen molar-refractivity contribution >= 4 is 41.3 Å². The van der Waals surface area contributed by atoms with E-state index < -0.39 is 18.2 Å². The van der Waals surface area contributed by atoms with Crippen LogP contribution in [0.2, 0.25) is 0 Å². The molecular formula is H7MgO9PS. The Morgan fingerprint density at radius 2 is 1.25 bits per heavy atom. The first kappa shape index (κ1) is 18.5. The molecule has 0 bridgehead atoms. The third-order valence-electron chi connectivity index (χ3n) is 0.106. The number of hydrogen-bond acceptors (Lipinski definition) is 5. The van der Waals surface area contributed by atoms with Crippen LogP contribution in [0.3, 0.4) is 0 Å². The lowest BCUT2D eigenvalue weighted by Crippen LogP contribution is -1.89. The minimum Gasteiger partial charge on any atom is -0.301 e. The van der Waals surface area contributed by atoms with Gasteiger partial charge in [-0.25, -0.2) is 9.82 Å². The highest BCUT2D eigenvalue weighted by molar-refractivity contribution is 7.79. The van der Waals surface area contributed by atoms with E-state index in [0.29, 0.717) is 0 Å². The van der Waals surface area contributed by atoms with Crippen LogP contribution in [0.15, 0.2) is 0 Å². The molecule has 9 nitrogen and oxygen atoms in total. The van der Waals surface area contributed by atoms with Gasteiger partial charge in [0.1, 0.15) is 0 Å². The summed E-state index contributed by atoms with van der Waals surface area (Å²) < 4.78 is 43.4. The van der Waals surface area contributed by atoms with Gasteiger partial charge in [-0.3, -0.25) is 9.11 Å². The first-order valence-electron chi connectivity index (χ1n) is 1.65. The zero-order valence-electron chi connectivity index (χ0n) is 4.72. The van der Waals surface area contributed by atoms with E-state index in [2.05, 4.69) is 4.67 Å². The van der Waals surface area contributed by atoms with Crippen LogP contribution in [0.5, 0.6) is 0 Å². The van der Waals surface area contributed by atoms with Crippen LogP contribution in [0.25, 0.3) is 0 Å². The lowest BCUT2D eigenvalue weighted by atomic mass is 15.0. The average molecular weight is 238 g/mol. The Labute approximate surface area is 83.3 Å². The maximum absolute atomic E-state index is 9.22. The maximum Gasteiger partial charge on any atom is 0.496 e. The fourth-order valence-corrected chi connectivity index (χ4v) is 0. The minimum absolute atomic E-state index is 0. The molecule has 0 saturated heterocycles. The van der Waals surface area contributed by atoms with E-state index in [1.54, 1.807) is 0 Å². The molecule has 12 heavy (non-hydrogen) atoms. The Balaban J connectivity index is -0.000000126. The smallest absolute Gasteiger partial charge is 0.301 e. The van der Waals surface area contributed by atoms with Gasteiger partial charge in [-0.2, -0.15) is 8.42 Å². The molecule has 0 aliphatic heterocycles. The van der Waals surface area contributed by atoms with Gasteiger partial charge in [-0.1, -0.05) is 0 Å². The van der Waals surface area contributed by atoms with Crippen molar-refractivity contribution in [1.29, 1.82) is 0 Å². The highest BCUT2D eigenvalue weighted by Crippen LogP contribution is 2.33. The molecule has 0 radical (unpaired) electrons. The molecule has 5 N–H and O–H groups in total. The van der Waals surface area contributed by atoms with Gasteiger partial charge in [-0.15, -0.1) is 4.67 Å². The zero-order valence-corrected chi connectivity index (χ0v) is 6.44.